The van der Waals surface area contributed by atoms with E-state index in [1.54, 1.807) is 6.07 Å². The molecule has 1 aromatic rings. The molecule has 1 fully saturated rings. The van der Waals surface area contributed by atoms with Gasteiger partial charge in [-0.25, -0.2) is 4.39 Å². The van der Waals surface area contributed by atoms with Crippen molar-refractivity contribution < 1.29 is 9.50 Å². The van der Waals surface area contributed by atoms with E-state index in [9.17, 15) is 9.50 Å². The molecule has 1 aromatic carbocycles. The number of aliphatic hydroxyl groups excluding tert-OH is 1. The third-order valence-electron chi connectivity index (χ3n) is 3.47. The van der Waals surface area contributed by atoms with Gasteiger partial charge in [0.1, 0.15) is 5.82 Å². The molecule has 1 N–H and O–H groups in total. The molecule has 1 aliphatic rings. The molecule has 0 aromatic heterocycles. The van der Waals surface area contributed by atoms with Gasteiger partial charge in [-0.3, -0.25) is 4.90 Å². The SMILES string of the molecule is CCN(CC(O)c1ccc(F)cc1C)C1CC1. The fourth-order valence-corrected chi connectivity index (χ4v) is 2.31. The number of aryl methyl sites for hydroxylation is 1. The van der Waals surface area contributed by atoms with Crippen LogP contribution in [0.5, 0.6) is 0 Å². The first kappa shape index (κ1) is 12.5. The molecule has 1 aliphatic carbocycles. The molecule has 0 spiro atoms. The highest BCUT2D eigenvalue weighted by Crippen LogP contribution is 2.29. The fourth-order valence-electron chi connectivity index (χ4n) is 2.31. The van der Waals surface area contributed by atoms with E-state index in [1.165, 1.54) is 25.0 Å². The quantitative estimate of drug-likeness (QED) is 0.851. The summed E-state index contributed by atoms with van der Waals surface area (Å²) >= 11 is 0. The highest BCUT2D eigenvalue weighted by Gasteiger charge is 2.29. The van der Waals surface area contributed by atoms with E-state index in [0.717, 1.165) is 17.7 Å². The summed E-state index contributed by atoms with van der Waals surface area (Å²) in [7, 11) is 0. The Kier molecular flexibility index (Phi) is 3.79. The van der Waals surface area contributed by atoms with Crippen molar-refractivity contribution in [2.24, 2.45) is 0 Å². The van der Waals surface area contributed by atoms with Crippen molar-refractivity contribution in [1.82, 2.24) is 4.90 Å². The number of likely N-dealkylation sites (N-methyl/N-ethyl adjacent to an activating group) is 1. The minimum Gasteiger partial charge on any atom is -0.387 e. The Morgan fingerprint density at radius 2 is 2.18 bits per heavy atom. The van der Waals surface area contributed by atoms with Gasteiger partial charge >= 0.3 is 0 Å². The van der Waals surface area contributed by atoms with Crippen LogP contribution in [0.3, 0.4) is 0 Å². The van der Waals surface area contributed by atoms with Gasteiger partial charge in [0.05, 0.1) is 6.10 Å². The van der Waals surface area contributed by atoms with Crippen molar-refractivity contribution in [1.29, 1.82) is 0 Å². The molecular formula is C14H20FNO. The van der Waals surface area contributed by atoms with Crippen LogP contribution < -0.4 is 0 Å². The number of benzene rings is 1. The van der Waals surface area contributed by atoms with Crippen LogP contribution in [0.1, 0.15) is 37.0 Å². The first-order chi connectivity index (χ1) is 8.11. The maximum absolute atomic E-state index is 13.0. The van der Waals surface area contributed by atoms with Gasteiger partial charge in [-0.1, -0.05) is 13.0 Å². The third kappa shape index (κ3) is 3.05. The van der Waals surface area contributed by atoms with Crippen LogP contribution in [0.4, 0.5) is 4.39 Å². The fraction of sp³-hybridized carbons (Fsp3) is 0.571. The zero-order chi connectivity index (χ0) is 12.4. The van der Waals surface area contributed by atoms with E-state index in [4.69, 9.17) is 0 Å². The number of aliphatic hydroxyl groups is 1. The van der Waals surface area contributed by atoms with Crippen LogP contribution in [0, 0.1) is 12.7 Å². The van der Waals surface area contributed by atoms with Crippen LogP contribution in [-0.4, -0.2) is 29.1 Å². The molecule has 0 bridgehead atoms. The average Bonchev–Trinajstić information content (AvgIpc) is 3.09. The number of hydrogen-bond acceptors (Lipinski definition) is 2. The van der Waals surface area contributed by atoms with Crippen LogP contribution in [0.15, 0.2) is 18.2 Å². The minimum absolute atomic E-state index is 0.243. The standard InChI is InChI=1S/C14H20FNO/c1-3-16(12-5-6-12)9-14(17)13-7-4-11(15)8-10(13)2/h4,7-8,12,14,17H,3,5-6,9H2,1-2H3. The van der Waals surface area contributed by atoms with E-state index < -0.39 is 6.10 Å². The Labute approximate surface area is 102 Å². The van der Waals surface area contributed by atoms with Crippen molar-refractivity contribution in [2.75, 3.05) is 13.1 Å². The third-order valence-corrected chi connectivity index (χ3v) is 3.47. The summed E-state index contributed by atoms with van der Waals surface area (Å²) in [4.78, 5) is 2.30. The van der Waals surface area contributed by atoms with Gasteiger partial charge in [-0.2, -0.15) is 0 Å². The lowest BCUT2D eigenvalue weighted by Gasteiger charge is -2.24. The van der Waals surface area contributed by atoms with Crippen molar-refractivity contribution in [3.8, 4) is 0 Å². The molecule has 0 radical (unpaired) electrons. The second-order valence-corrected chi connectivity index (χ2v) is 4.84. The molecule has 94 valence electrons. The molecule has 17 heavy (non-hydrogen) atoms. The summed E-state index contributed by atoms with van der Waals surface area (Å²) in [5, 5.41) is 10.2. The lowest BCUT2D eigenvalue weighted by molar-refractivity contribution is 0.111. The first-order valence-electron chi connectivity index (χ1n) is 6.30. The lowest BCUT2D eigenvalue weighted by Crippen LogP contribution is -2.30. The van der Waals surface area contributed by atoms with E-state index in [2.05, 4.69) is 11.8 Å². The molecule has 1 saturated carbocycles. The molecule has 3 heteroatoms. The smallest absolute Gasteiger partial charge is 0.123 e. The molecule has 0 heterocycles. The van der Waals surface area contributed by atoms with E-state index in [0.29, 0.717) is 12.6 Å². The predicted molar refractivity (Wildman–Crippen MR) is 66.4 cm³/mol. The Morgan fingerprint density at radius 3 is 2.71 bits per heavy atom. The van der Waals surface area contributed by atoms with E-state index in [-0.39, 0.29) is 5.82 Å². The first-order valence-corrected chi connectivity index (χ1v) is 6.30. The monoisotopic (exact) mass is 237 g/mol. The molecular weight excluding hydrogens is 217 g/mol. The number of nitrogens with zero attached hydrogens (tertiary/aromatic N) is 1. The summed E-state index contributed by atoms with van der Waals surface area (Å²) < 4.78 is 13.0. The van der Waals surface area contributed by atoms with Crippen LogP contribution in [0.2, 0.25) is 0 Å². The lowest BCUT2D eigenvalue weighted by atomic mass is 10.0. The Hall–Kier alpha value is -0.930. The zero-order valence-electron chi connectivity index (χ0n) is 10.5. The topological polar surface area (TPSA) is 23.5 Å². The van der Waals surface area contributed by atoms with Gasteiger partial charge in [-0.05, 0) is 49.6 Å². The van der Waals surface area contributed by atoms with Crippen LogP contribution >= 0.6 is 0 Å². The maximum Gasteiger partial charge on any atom is 0.123 e. The van der Waals surface area contributed by atoms with Crippen molar-refractivity contribution in [3.63, 3.8) is 0 Å². The Bertz CT molecular complexity index is 390. The molecule has 0 aliphatic heterocycles. The number of rotatable bonds is 5. The zero-order valence-corrected chi connectivity index (χ0v) is 10.5. The van der Waals surface area contributed by atoms with E-state index in [1.807, 2.05) is 6.92 Å². The molecule has 0 amide bonds. The molecule has 1 atom stereocenters. The van der Waals surface area contributed by atoms with Crippen molar-refractivity contribution in [2.45, 2.75) is 38.8 Å². The van der Waals surface area contributed by atoms with Crippen LogP contribution in [0.25, 0.3) is 0 Å². The van der Waals surface area contributed by atoms with Gasteiger partial charge in [0, 0.05) is 12.6 Å². The summed E-state index contributed by atoms with van der Waals surface area (Å²) in [5.74, 6) is -0.243. The van der Waals surface area contributed by atoms with Crippen molar-refractivity contribution >= 4 is 0 Å². The predicted octanol–water partition coefficient (Wildman–Crippen LogP) is 2.65. The second kappa shape index (κ2) is 5.15. The number of hydrogen-bond donors (Lipinski definition) is 1. The van der Waals surface area contributed by atoms with Gasteiger partial charge in [0.25, 0.3) is 0 Å². The summed E-state index contributed by atoms with van der Waals surface area (Å²) in [6, 6.07) is 5.23. The average molecular weight is 237 g/mol. The van der Waals surface area contributed by atoms with Crippen molar-refractivity contribution in [3.05, 3.63) is 35.1 Å². The maximum atomic E-state index is 13.0. The summed E-state index contributed by atoms with van der Waals surface area (Å²) in [6.45, 7) is 5.56. The van der Waals surface area contributed by atoms with Gasteiger partial charge < -0.3 is 5.11 Å². The highest BCUT2D eigenvalue weighted by molar-refractivity contribution is 5.28. The Morgan fingerprint density at radius 1 is 1.47 bits per heavy atom. The summed E-state index contributed by atoms with van der Waals surface area (Å²) in [5.41, 5.74) is 1.66. The molecule has 2 nitrogen and oxygen atoms in total. The van der Waals surface area contributed by atoms with Gasteiger partial charge in [0.15, 0.2) is 0 Å². The van der Waals surface area contributed by atoms with E-state index >= 15 is 0 Å². The summed E-state index contributed by atoms with van der Waals surface area (Å²) in [6.07, 6.45) is 1.96. The Balaban J connectivity index is 2.05. The molecule has 2 rings (SSSR count). The number of halogens is 1. The van der Waals surface area contributed by atoms with Gasteiger partial charge in [-0.15, -0.1) is 0 Å². The largest absolute Gasteiger partial charge is 0.387 e. The minimum atomic E-state index is -0.517. The second-order valence-electron chi connectivity index (χ2n) is 4.84. The molecule has 1 unspecified atom stereocenters. The van der Waals surface area contributed by atoms with Gasteiger partial charge in [0.2, 0.25) is 0 Å². The normalized spacial score (nSPS) is 17.5. The van der Waals surface area contributed by atoms with Crippen LogP contribution in [-0.2, 0) is 0 Å². The highest BCUT2D eigenvalue weighted by atomic mass is 19.1. The molecule has 0 saturated heterocycles.